The molecule has 3 aromatic rings. The van der Waals surface area contributed by atoms with Crippen LogP contribution >= 0.6 is 23.7 Å². The molecule has 0 aliphatic heterocycles. The molecule has 0 unspecified atom stereocenters. The number of hydrogen-bond donors (Lipinski definition) is 0. The number of amides is 1. The highest BCUT2D eigenvalue weighted by molar-refractivity contribution is 7.22. The van der Waals surface area contributed by atoms with E-state index in [-0.39, 0.29) is 18.3 Å². The fourth-order valence-corrected chi connectivity index (χ4v) is 4.29. The fourth-order valence-electron chi connectivity index (χ4n) is 3.19. The molecular formula is C22H28ClN3O3S. The number of likely N-dealkylation sites (N-methyl/N-ethyl adjacent to an activating group) is 1. The van der Waals surface area contributed by atoms with E-state index in [4.69, 9.17) is 14.5 Å². The molecule has 2 aromatic carbocycles. The molecule has 0 bridgehead atoms. The number of benzene rings is 2. The highest BCUT2D eigenvalue weighted by atomic mass is 35.5. The number of methoxy groups -OCH3 is 2. The first-order valence-electron chi connectivity index (χ1n) is 9.73. The highest BCUT2D eigenvalue weighted by Gasteiger charge is 2.24. The van der Waals surface area contributed by atoms with Crippen LogP contribution in [0.1, 0.15) is 24.2 Å². The van der Waals surface area contributed by atoms with Gasteiger partial charge in [-0.2, -0.15) is 0 Å². The van der Waals surface area contributed by atoms with E-state index < -0.39 is 0 Å². The molecule has 0 saturated heterocycles. The van der Waals surface area contributed by atoms with E-state index >= 15 is 0 Å². The van der Waals surface area contributed by atoms with Crippen LogP contribution in [0.3, 0.4) is 0 Å². The molecule has 0 N–H and O–H groups in total. The van der Waals surface area contributed by atoms with Crippen LogP contribution in [0, 0.1) is 0 Å². The van der Waals surface area contributed by atoms with Crippen LogP contribution in [0.4, 0.5) is 5.13 Å². The van der Waals surface area contributed by atoms with Gasteiger partial charge < -0.3 is 14.4 Å². The third-order valence-electron chi connectivity index (χ3n) is 4.93. The van der Waals surface area contributed by atoms with Gasteiger partial charge in [-0.3, -0.25) is 9.69 Å². The molecule has 0 aliphatic rings. The number of anilines is 1. The average Bonchev–Trinajstić information content (AvgIpc) is 3.21. The largest absolute Gasteiger partial charge is 0.495 e. The van der Waals surface area contributed by atoms with Crippen molar-refractivity contribution in [1.29, 1.82) is 0 Å². The van der Waals surface area contributed by atoms with Crippen LogP contribution in [-0.2, 0) is 0 Å². The lowest BCUT2D eigenvalue weighted by atomic mass is 10.2. The molecule has 6 nitrogen and oxygen atoms in total. The van der Waals surface area contributed by atoms with E-state index in [9.17, 15) is 4.79 Å². The van der Waals surface area contributed by atoms with Crippen molar-refractivity contribution in [3.63, 3.8) is 0 Å². The lowest BCUT2D eigenvalue weighted by Crippen LogP contribution is -2.38. The summed E-state index contributed by atoms with van der Waals surface area (Å²) >= 11 is 1.45. The van der Waals surface area contributed by atoms with Crippen molar-refractivity contribution in [3.05, 3.63) is 48.0 Å². The maximum absolute atomic E-state index is 13.3. The molecule has 30 heavy (non-hydrogen) atoms. The predicted molar refractivity (Wildman–Crippen MR) is 126 cm³/mol. The molecule has 0 atom stereocenters. The van der Waals surface area contributed by atoms with Gasteiger partial charge in [0, 0.05) is 18.7 Å². The Hall–Kier alpha value is -2.35. The minimum Gasteiger partial charge on any atom is -0.495 e. The van der Waals surface area contributed by atoms with Crippen LogP contribution in [0.5, 0.6) is 11.5 Å². The van der Waals surface area contributed by atoms with E-state index in [0.29, 0.717) is 28.5 Å². The van der Waals surface area contributed by atoms with Crippen molar-refractivity contribution in [1.82, 2.24) is 9.88 Å². The number of nitrogens with zero attached hydrogens (tertiary/aromatic N) is 3. The van der Waals surface area contributed by atoms with Crippen molar-refractivity contribution in [2.75, 3.05) is 45.3 Å². The molecule has 0 fully saturated rings. The standard InChI is InChI=1S/C22H27N3O3S.ClH/c1-5-24(6-2)14-15-25(21(26)16-10-8-7-9-11-16)22-23-19-17(27-3)12-13-18(28-4)20(19)29-22;/h7-13H,5-6,14-15H2,1-4H3;1H. The zero-order valence-electron chi connectivity index (χ0n) is 17.8. The Morgan fingerprint density at radius 2 is 1.60 bits per heavy atom. The van der Waals surface area contributed by atoms with Gasteiger partial charge in [0.2, 0.25) is 0 Å². The quantitative estimate of drug-likeness (QED) is 0.473. The number of hydrogen-bond acceptors (Lipinski definition) is 6. The third-order valence-corrected chi connectivity index (χ3v) is 6.02. The highest BCUT2D eigenvalue weighted by Crippen LogP contribution is 2.40. The molecule has 8 heteroatoms. The first-order valence-corrected chi connectivity index (χ1v) is 10.5. The van der Waals surface area contributed by atoms with Gasteiger partial charge in [-0.25, -0.2) is 4.98 Å². The van der Waals surface area contributed by atoms with Crippen molar-refractivity contribution >= 4 is 45.0 Å². The van der Waals surface area contributed by atoms with Crippen LogP contribution in [0.15, 0.2) is 42.5 Å². The summed E-state index contributed by atoms with van der Waals surface area (Å²) in [7, 11) is 3.25. The zero-order valence-corrected chi connectivity index (χ0v) is 19.4. The second kappa shape index (κ2) is 11.2. The molecule has 0 aliphatic carbocycles. The summed E-state index contributed by atoms with van der Waals surface area (Å²) < 4.78 is 11.8. The molecule has 1 aromatic heterocycles. The third kappa shape index (κ3) is 5.03. The van der Waals surface area contributed by atoms with Gasteiger partial charge in [0.05, 0.1) is 14.2 Å². The topological polar surface area (TPSA) is 54.9 Å². The smallest absolute Gasteiger partial charge is 0.260 e. The summed E-state index contributed by atoms with van der Waals surface area (Å²) in [6.07, 6.45) is 0. The molecule has 0 saturated carbocycles. The first kappa shape index (κ1) is 23.9. The average molecular weight is 450 g/mol. The van der Waals surface area contributed by atoms with Gasteiger partial charge in [-0.1, -0.05) is 43.4 Å². The van der Waals surface area contributed by atoms with Gasteiger partial charge in [0.15, 0.2) is 5.13 Å². The summed E-state index contributed by atoms with van der Waals surface area (Å²) in [6.45, 7) is 7.45. The Kier molecular flexibility index (Phi) is 8.89. The van der Waals surface area contributed by atoms with Gasteiger partial charge in [0.25, 0.3) is 5.91 Å². The summed E-state index contributed by atoms with van der Waals surface area (Å²) in [5, 5.41) is 0.642. The SMILES string of the molecule is CCN(CC)CCN(C(=O)c1ccccc1)c1nc2c(OC)ccc(OC)c2s1.Cl. The molecule has 162 valence electrons. The minimum atomic E-state index is -0.0604. The number of rotatable bonds is 9. The van der Waals surface area contributed by atoms with Crippen LogP contribution < -0.4 is 14.4 Å². The maximum atomic E-state index is 13.3. The lowest BCUT2D eigenvalue weighted by molar-refractivity contribution is 0.0984. The van der Waals surface area contributed by atoms with E-state index in [1.165, 1.54) is 11.3 Å². The van der Waals surface area contributed by atoms with E-state index in [1.54, 1.807) is 19.1 Å². The van der Waals surface area contributed by atoms with Crippen LogP contribution in [-0.4, -0.2) is 56.2 Å². The van der Waals surface area contributed by atoms with Crippen molar-refractivity contribution in [2.24, 2.45) is 0 Å². The monoisotopic (exact) mass is 449 g/mol. The van der Waals surface area contributed by atoms with Gasteiger partial charge in [-0.15, -0.1) is 12.4 Å². The Balaban J connectivity index is 0.00000320. The van der Waals surface area contributed by atoms with Crippen molar-refractivity contribution in [2.45, 2.75) is 13.8 Å². The number of thiazole rings is 1. The molecular weight excluding hydrogens is 422 g/mol. The van der Waals surface area contributed by atoms with Crippen LogP contribution in [0.2, 0.25) is 0 Å². The minimum absolute atomic E-state index is 0. The Morgan fingerprint density at radius 1 is 0.967 bits per heavy atom. The lowest BCUT2D eigenvalue weighted by Gasteiger charge is -2.24. The number of carbonyl (C=O) groups is 1. The number of fused-ring (bicyclic) bond motifs is 1. The predicted octanol–water partition coefficient (Wildman–Crippen LogP) is 4.72. The van der Waals surface area contributed by atoms with Gasteiger partial charge in [0.1, 0.15) is 21.7 Å². The summed E-state index contributed by atoms with van der Waals surface area (Å²) in [6, 6.07) is 13.0. The number of aromatic nitrogens is 1. The molecule has 1 amide bonds. The normalized spacial score (nSPS) is 10.7. The van der Waals surface area contributed by atoms with E-state index in [0.717, 1.165) is 30.1 Å². The zero-order chi connectivity index (χ0) is 20.8. The summed E-state index contributed by atoms with van der Waals surface area (Å²) in [4.78, 5) is 22.2. The van der Waals surface area contributed by atoms with E-state index in [1.807, 2.05) is 42.5 Å². The molecule has 0 radical (unpaired) electrons. The Morgan fingerprint density at radius 3 is 2.20 bits per heavy atom. The second-order valence-corrected chi connectivity index (χ2v) is 7.47. The molecule has 0 spiro atoms. The fraction of sp³-hybridized carbons (Fsp3) is 0.364. The maximum Gasteiger partial charge on any atom is 0.260 e. The van der Waals surface area contributed by atoms with Crippen LogP contribution in [0.25, 0.3) is 10.2 Å². The molecule has 1 heterocycles. The Bertz CT molecular complexity index is 920. The summed E-state index contributed by atoms with van der Waals surface area (Å²) in [5.74, 6) is 1.33. The number of carbonyl (C=O) groups excluding carboxylic acids is 1. The summed E-state index contributed by atoms with van der Waals surface area (Å²) in [5.41, 5.74) is 1.35. The molecule has 3 rings (SSSR count). The van der Waals surface area contributed by atoms with Crippen molar-refractivity contribution < 1.29 is 14.3 Å². The number of ether oxygens (including phenoxy) is 2. The Labute approximate surface area is 187 Å². The second-order valence-electron chi connectivity index (χ2n) is 6.49. The van der Waals surface area contributed by atoms with Crippen molar-refractivity contribution in [3.8, 4) is 11.5 Å². The van der Waals surface area contributed by atoms with E-state index in [2.05, 4.69) is 18.7 Å². The van der Waals surface area contributed by atoms with Gasteiger partial charge >= 0.3 is 0 Å². The first-order chi connectivity index (χ1) is 14.1. The number of halogens is 1. The van der Waals surface area contributed by atoms with Gasteiger partial charge in [-0.05, 0) is 37.4 Å².